The third-order valence-electron chi connectivity index (χ3n) is 5.52. The number of fused-ring (bicyclic) bond motifs is 1. The molecule has 1 atom stereocenters. The quantitative estimate of drug-likeness (QED) is 0.688. The van der Waals surface area contributed by atoms with Crippen LogP contribution in [-0.2, 0) is 4.74 Å². The van der Waals surface area contributed by atoms with Crippen molar-refractivity contribution in [2.24, 2.45) is 0 Å². The number of methoxy groups -OCH3 is 1. The summed E-state index contributed by atoms with van der Waals surface area (Å²) >= 11 is 0. The first kappa shape index (κ1) is 17.3. The van der Waals surface area contributed by atoms with Crippen molar-refractivity contribution in [3.63, 3.8) is 0 Å². The zero-order chi connectivity index (χ0) is 19.1. The van der Waals surface area contributed by atoms with E-state index < -0.39 is 0 Å². The van der Waals surface area contributed by atoms with E-state index in [-0.39, 0.29) is 12.0 Å². The molecule has 144 valence electrons. The Labute approximate surface area is 163 Å². The molecular formula is C22H22N2O4. The first-order valence-corrected chi connectivity index (χ1v) is 9.66. The molecule has 5 rings (SSSR count). The second kappa shape index (κ2) is 6.95. The maximum Gasteiger partial charge on any atom is 0.276 e. The van der Waals surface area contributed by atoms with Gasteiger partial charge >= 0.3 is 0 Å². The fraction of sp³-hybridized carbons (Fsp3) is 0.364. The third kappa shape index (κ3) is 3.24. The van der Waals surface area contributed by atoms with Crippen LogP contribution < -0.4 is 4.74 Å². The van der Waals surface area contributed by atoms with Crippen LogP contribution in [0.3, 0.4) is 0 Å². The molecule has 2 aliphatic rings. The molecule has 0 bridgehead atoms. The maximum atomic E-state index is 12.8. The van der Waals surface area contributed by atoms with E-state index >= 15 is 0 Å². The average Bonchev–Trinajstić information content (AvgIpc) is 3.49. The Balaban J connectivity index is 1.34. The van der Waals surface area contributed by atoms with Crippen molar-refractivity contribution in [3.8, 4) is 5.75 Å². The third-order valence-corrected chi connectivity index (χ3v) is 5.52. The maximum absolute atomic E-state index is 12.8. The van der Waals surface area contributed by atoms with Crippen molar-refractivity contribution in [1.29, 1.82) is 0 Å². The minimum absolute atomic E-state index is 0.0884. The van der Waals surface area contributed by atoms with Gasteiger partial charge in [0.25, 0.3) is 5.91 Å². The Bertz CT molecular complexity index is 1020. The van der Waals surface area contributed by atoms with E-state index in [1.165, 1.54) is 0 Å². The highest BCUT2D eigenvalue weighted by molar-refractivity contribution is 5.92. The van der Waals surface area contributed by atoms with Crippen LogP contribution in [0, 0.1) is 0 Å². The predicted molar refractivity (Wildman–Crippen MR) is 104 cm³/mol. The molecule has 1 aromatic heterocycles. The minimum Gasteiger partial charge on any atom is -0.497 e. The summed E-state index contributed by atoms with van der Waals surface area (Å²) in [4.78, 5) is 14.7. The monoisotopic (exact) mass is 378 g/mol. The Morgan fingerprint density at radius 2 is 1.96 bits per heavy atom. The van der Waals surface area contributed by atoms with E-state index in [2.05, 4.69) is 23.4 Å². The first-order chi connectivity index (χ1) is 13.7. The number of carbonyl (C=O) groups excluding carboxylic acids is 1. The van der Waals surface area contributed by atoms with Crippen molar-refractivity contribution in [1.82, 2.24) is 10.1 Å². The Hall–Kier alpha value is -2.86. The van der Waals surface area contributed by atoms with Gasteiger partial charge in [-0.3, -0.25) is 4.79 Å². The highest BCUT2D eigenvalue weighted by atomic mass is 16.5. The number of morpholine rings is 1. The van der Waals surface area contributed by atoms with Crippen molar-refractivity contribution < 1.29 is 18.8 Å². The van der Waals surface area contributed by atoms with E-state index in [0.717, 1.165) is 40.7 Å². The Kier molecular flexibility index (Phi) is 4.28. The van der Waals surface area contributed by atoms with Gasteiger partial charge in [-0.2, -0.15) is 0 Å². The van der Waals surface area contributed by atoms with Crippen LogP contribution in [0.15, 0.2) is 47.0 Å². The summed E-state index contributed by atoms with van der Waals surface area (Å²) in [6.45, 7) is 1.57. The van der Waals surface area contributed by atoms with Gasteiger partial charge in [0.1, 0.15) is 17.6 Å². The summed E-state index contributed by atoms with van der Waals surface area (Å²) in [5, 5.41) is 6.22. The lowest BCUT2D eigenvalue weighted by Gasteiger charge is -2.32. The van der Waals surface area contributed by atoms with Crippen molar-refractivity contribution in [2.75, 3.05) is 26.8 Å². The molecular weight excluding hydrogens is 356 g/mol. The number of hydrogen-bond acceptors (Lipinski definition) is 5. The summed E-state index contributed by atoms with van der Waals surface area (Å²) < 4.78 is 16.6. The van der Waals surface area contributed by atoms with E-state index in [9.17, 15) is 4.79 Å². The largest absolute Gasteiger partial charge is 0.497 e. The van der Waals surface area contributed by atoms with Gasteiger partial charge in [-0.05, 0) is 47.4 Å². The Morgan fingerprint density at radius 1 is 1.14 bits per heavy atom. The van der Waals surface area contributed by atoms with Crippen LogP contribution >= 0.6 is 0 Å². The zero-order valence-electron chi connectivity index (χ0n) is 15.8. The number of amides is 1. The molecule has 0 N–H and O–H groups in total. The van der Waals surface area contributed by atoms with Crippen molar-refractivity contribution >= 4 is 16.7 Å². The van der Waals surface area contributed by atoms with Crippen LogP contribution in [0.25, 0.3) is 10.8 Å². The molecule has 2 fully saturated rings. The summed E-state index contributed by atoms with van der Waals surface area (Å²) in [5.74, 6) is 2.03. The lowest BCUT2D eigenvalue weighted by molar-refractivity contribution is -0.0230. The van der Waals surface area contributed by atoms with Gasteiger partial charge in [-0.1, -0.05) is 23.4 Å². The molecule has 0 spiro atoms. The summed E-state index contributed by atoms with van der Waals surface area (Å²) in [6.07, 6.45) is 2.09. The fourth-order valence-electron chi connectivity index (χ4n) is 3.72. The molecule has 28 heavy (non-hydrogen) atoms. The van der Waals surface area contributed by atoms with Gasteiger partial charge in [-0.25, -0.2) is 0 Å². The number of rotatable bonds is 4. The van der Waals surface area contributed by atoms with Crippen LogP contribution in [0.1, 0.15) is 46.7 Å². The molecule has 1 aliphatic heterocycles. The molecule has 1 saturated carbocycles. The van der Waals surface area contributed by atoms with Gasteiger partial charge < -0.3 is 18.9 Å². The fourth-order valence-corrected chi connectivity index (χ4v) is 3.72. The SMILES string of the molecule is COc1ccc2cc([C@@H]3CN(C(=O)c4cc(C5CC5)on4)CCO3)ccc2c1. The van der Waals surface area contributed by atoms with E-state index in [1.807, 2.05) is 18.2 Å². The highest BCUT2D eigenvalue weighted by Crippen LogP contribution is 2.40. The molecule has 3 aromatic rings. The number of hydrogen-bond donors (Lipinski definition) is 0. The number of benzene rings is 2. The normalized spacial score (nSPS) is 19.8. The molecule has 1 amide bonds. The highest BCUT2D eigenvalue weighted by Gasteiger charge is 2.31. The van der Waals surface area contributed by atoms with Crippen LogP contribution in [-0.4, -0.2) is 42.8 Å². The smallest absolute Gasteiger partial charge is 0.276 e. The van der Waals surface area contributed by atoms with Crippen LogP contribution in [0.4, 0.5) is 0 Å². The number of carbonyl (C=O) groups is 1. The van der Waals surface area contributed by atoms with E-state index in [4.69, 9.17) is 14.0 Å². The molecule has 2 heterocycles. The van der Waals surface area contributed by atoms with Crippen LogP contribution in [0.2, 0.25) is 0 Å². The number of nitrogens with zero attached hydrogens (tertiary/aromatic N) is 2. The van der Waals surface area contributed by atoms with Gasteiger partial charge in [0.15, 0.2) is 5.69 Å². The number of ether oxygens (including phenoxy) is 2. The lowest BCUT2D eigenvalue weighted by Crippen LogP contribution is -2.42. The van der Waals surface area contributed by atoms with Gasteiger partial charge in [0.05, 0.1) is 20.3 Å². The predicted octanol–water partition coefficient (Wildman–Crippen LogP) is 3.93. The molecule has 2 aromatic carbocycles. The summed E-state index contributed by atoms with van der Waals surface area (Å²) in [7, 11) is 1.67. The first-order valence-electron chi connectivity index (χ1n) is 9.66. The van der Waals surface area contributed by atoms with Crippen LogP contribution in [0.5, 0.6) is 5.75 Å². The minimum atomic E-state index is -0.154. The van der Waals surface area contributed by atoms with Gasteiger partial charge in [0.2, 0.25) is 0 Å². The molecule has 0 unspecified atom stereocenters. The Morgan fingerprint density at radius 3 is 2.79 bits per heavy atom. The molecule has 0 radical (unpaired) electrons. The summed E-state index contributed by atoms with van der Waals surface area (Å²) in [6, 6.07) is 14.0. The average molecular weight is 378 g/mol. The zero-order valence-corrected chi connectivity index (χ0v) is 15.8. The van der Waals surface area contributed by atoms with E-state index in [1.54, 1.807) is 18.1 Å². The van der Waals surface area contributed by atoms with Gasteiger partial charge in [-0.15, -0.1) is 0 Å². The van der Waals surface area contributed by atoms with E-state index in [0.29, 0.717) is 31.3 Å². The second-order valence-corrected chi connectivity index (χ2v) is 7.47. The summed E-state index contributed by atoms with van der Waals surface area (Å²) in [5.41, 5.74) is 1.46. The standard InChI is InChI=1S/C22H22N2O4/c1-26-18-7-6-15-10-17(5-4-16(15)11-18)21-13-24(8-9-27-21)22(25)19-12-20(28-23-19)14-2-3-14/h4-7,10-12,14,21H,2-3,8-9,13H2,1H3/t21-/m0/s1. The molecule has 1 saturated heterocycles. The second-order valence-electron chi connectivity index (χ2n) is 7.47. The topological polar surface area (TPSA) is 64.8 Å². The number of aromatic nitrogens is 1. The molecule has 1 aliphatic carbocycles. The van der Waals surface area contributed by atoms with Gasteiger partial charge in [0, 0.05) is 18.5 Å². The van der Waals surface area contributed by atoms with Crippen molar-refractivity contribution in [3.05, 3.63) is 59.5 Å². The molecule has 6 nitrogen and oxygen atoms in total. The lowest BCUT2D eigenvalue weighted by atomic mass is 10.0. The molecule has 6 heteroatoms. The van der Waals surface area contributed by atoms with Crippen molar-refractivity contribution in [2.45, 2.75) is 24.9 Å².